The topological polar surface area (TPSA) is 84.2 Å². The largest absolute Gasteiger partial charge is 0.508 e. The van der Waals surface area contributed by atoms with E-state index in [0.717, 1.165) is 10.0 Å². The summed E-state index contributed by atoms with van der Waals surface area (Å²) in [7, 11) is -2.29. The van der Waals surface area contributed by atoms with Crippen molar-refractivity contribution in [2.75, 3.05) is 7.05 Å². The summed E-state index contributed by atoms with van der Waals surface area (Å²) in [6, 6.07) is 9.93. The number of rotatable bonds is 5. The third-order valence-corrected chi connectivity index (χ3v) is 5.30. The van der Waals surface area contributed by atoms with Crippen molar-refractivity contribution in [2.24, 2.45) is 0 Å². The average Bonchev–Trinajstić information content (AvgIpc) is 3.00. The molecule has 3 aromatic rings. The highest BCUT2D eigenvalue weighted by Gasteiger charge is 2.23. The van der Waals surface area contributed by atoms with Gasteiger partial charge >= 0.3 is 0 Å². The zero-order valence-electron chi connectivity index (χ0n) is 13.3. The van der Waals surface area contributed by atoms with E-state index in [1.807, 2.05) is 0 Å². The van der Waals surface area contributed by atoms with E-state index in [1.165, 1.54) is 42.7 Å². The Morgan fingerprint density at radius 2 is 2.04 bits per heavy atom. The standard InChI is InChI=1S/C17H16FN3O3S/c1-19-10-12-8-16(15-6-3-7-20-17(15)18)21(11-12)25(23,24)14-5-2-4-13(22)9-14/h2-9,11,19,22H,10H2,1H3. The number of pyridine rings is 1. The van der Waals surface area contributed by atoms with Crippen LogP contribution in [0.15, 0.2) is 59.8 Å². The molecular formula is C17H16FN3O3S. The maximum Gasteiger partial charge on any atom is 0.268 e. The fourth-order valence-corrected chi connectivity index (χ4v) is 3.96. The highest BCUT2D eigenvalue weighted by atomic mass is 32.2. The molecule has 0 aliphatic rings. The molecule has 0 radical (unpaired) electrons. The van der Waals surface area contributed by atoms with E-state index in [1.54, 1.807) is 13.1 Å². The number of nitrogens with one attached hydrogen (secondary N) is 1. The summed E-state index contributed by atoms with van der Waals surface area (Å²) in [5, 5.41) is 12.5. The van der Waals surface area contributed by atoms with Gasteiger partial charge in [0.25, 0.3) is 10.0 Å². The fraction of sp³-hybridized carbons (Fsp3) is 0.118. The number of nitrogens with zero attached hydrogens (tertiary/aromatic N) is 2. The molecular weight excluding hydrogens is 345 g/mol. The minimum atomic E-state index is -4.02. The Bertz CT molecular complexity index is 1020. The molecule has 6 nitrogen and oxygen atoms in total. The quantitative estimate of drug-likeness (QED) is 0.682. The lowest BCUT2D eigenvalue weighted by Crippen LogP contribution is -2.14. The molecule has 2 heterocycles. The molecule has 0 atom stereocenters. The average molecular weight is 361 g/mol. The maximum atomic E-state index is 14.1. The van der Waals surface area contributed by atoms with Gasteiger partial charge in [0.2, 0.25) is 5.95 Å². The number of hydrogen-bond donors (Lipinski definition) is 2. The number of halogens is 1. The third kappa shape index (κ3) is 3.26. The van der Waals surface area contributed by atoms with E-state index in [0.29, 0.717) is 12.1 Å². The minimum absolute atomic E-state index is 0.0774. The highest BCUT2D eigenvalue weighted by Crippen LogP contribution is 2.29. The zero-order valence-corrected chi connectivity index (χ0v) is 14.2. The smallest absolute Gasteiger partial charge is 0.268 e. The Morgan fingerprint density at radius 1 is 1.24 bits per heavy atom. The monoisotopic (exact) mass is 361 g/mol. The van der Waals surface area contributed by atoms with Crippen LogP contribution in [0, 0.1) is 5.95 Å². The third-order valence-electron chi connectivity index (χ3n) is 3.63. The lowest BCUT2D eigenvalue weighted by Gasteiger charge is -2.11. The number of aromatic hydroxyl groups is 1. The van der Waals surface area contributed by atoms with E-state index >= 15 is 0 Å². The summed E-state index contributed by atoms with van der Waals surface area (Å²) in [5.74, 6) is -0.929. The molecule has 25 heavy (non-hydrogen) atoms. The molecule has 0 amide bonds. The molecule has 0 fully saturated rings. The zero-order chi connectivity index (χ0) is 18.0. The van der Waals surface area contributed by atoms with Gasteiger partial charge in [0.05, 0.1) is 16.2 Å². The summed E-state index contributed by atoms with van der Waals surface area (Å²) in [6.45, 7) is 0.414. The van der Waals surface area contributed by atoms with Crippen molar-refractivity contribution in [3.63, 3.8) is 0 Å². The van der Waals surface area contributed by atoms with Crippen molar-refractivity contribution >= 4 is 10.0 Å². The predicted molar refractivity (Wildman–Crippen MR) is 91.1 cm³/mol. The lowest BCUT2D eigenvalue weighted by atomic mass is 10.2. The van der Waals surface area contributed by atoms with Gasteiger partial charge < -0.3 is 10.4 Å². The van der Waals surface area contributed by atoms with E-state index < -0.39 is 16.0 Å². The fourth-order valence-electron chi connectivity index (χ4n) is 2.53. The van der Waals surface area contributed by atoms with Gasteiger partial charge in [-0.15, -0.1) is 0 Å². The van der Waals surface area contributed by atoms with E-state index in [2.05, 4.69) is 10.3 Å². The van der Waals surface area contributed by atoms with Crippen molar-refractivity contribution in [2.45, 2.75) is 11.4 Å². The molecule has 2 aromatic heterocycles. The van der Waals surface area contributed by atoms with Crippen molar-refractivity contribution in [1.29, 1.82) is 0 Å². The molecule has 0 unspecified atom stereocenters. The van der Waals surface area contributed by atoms with Crippen LogP contribution in [0.5, 0.6) is 5.75 Å². The second-order valence-electron chi connectivity index (χ2n) is 5.40. The first-order chi connectivity index (χ1) is 11.9. The SMILES string of the molecule is CNCc1cc(-c2cccnc2F)n(S(=O)(=O)c2cccc(O)c2)c1. The first-order valence-corrected chi connectivity index (χ1v) is 8.89. The van der Waals surface area contributed by atoms with Crippen molar-refractivity contribution in [3.8, 4) is 17.0 Å². The number of benzene rings is 1. The van der Waals surface area contributed by atoms with Gasteiger partial charge in [-0.1, -0.05) is 6.07 Å². The van der Waals surface area contributed by atoms with Crippen LogP contribution in [-0.2, 0) is 16.6 Å². The van der Waals surface area contributed by atoms with Crippen molar-refractivity contribution < 1.29 is 17.9 Å². The molecule has 2 N–H and O–H groups in total. The van der Waals surface area contributed by atoms with Gasteiger partial charge in [-0.2, -0.15) is 4.39 Å². The van der Waals surface area contributed by atoms with E-state index in [4.69, 9.17) is 0 Å². The summed E-state index contributed by atoms with van der Waals surface area (Å²) in [4.78, 5) is 3.50. The molecule has 0 bridgehead atoms. The van der Waals surface area contributed by atoms with Crippen LogP contribution in [0.25, 0.3) is 11.3 Å². The van der Waals surface area contributed by atoms with Crippen molar-refractivity contribution in [1.82, 2.24) is 14.3 Å². The Hall–Kier alpha value is -2.71. The number of phenols is 1. The van der Waals surface area contributed by atoms with Crippen LogP contribution in [-0.4, -0.2) is 29.5 Å². The number of aromatic nitrogens is 2. The van der Waals surface area contributed by atoms with Gasteiger partial charge in [-0.3, -0.25) is 0 Å². The number of phenolic OH excluding ortho intramolecular Hbond substituents is 1. The van der Waals surface area contributed by atoms with Crippen molar-refractivity contribution in [3.05, 3.63) is 66.4 Å². The van der Waals surface area contributed by atoms with Crippen LogP contribution in [0.4, 0.5) is 4.39 Å². The summed E-state index contributed by atoms with van der Waals surface area (Å²) >= 11 is 0. The Morgan fingerprint density at radius 3 is 2.72 bits per heavy atom. The Labute approximate surface area is 144 Å². The van der Waals surface area contributed by atoms with E-state index in [9.17, 15) is 17.9 Å². The second-order valence-corrected chi connectivity index (χ2v) is 7.22. The van der Waals surface area contributed by atoms with Gasteiger partial charge in [0.15, 0.2) is 0 Å². The van der Waals surface area contributed by atoms with Gasteiger partial charge in [-0.25, -0.2) is 17.4 Å². The van der Waals surface area contributed by atoms with Crippen LogP contribution < -0.4 is 5.32 Å². The van der Waals surface area contributed by atoms with Crippen LogP contribution in [0.3, 0.4) is 0 Å². The Kier molecular flexibility index (Phi) is 4.56. The molecule has 0 saturated carbocycles. The molecule has 3 rings (SSSR count). The molecule has 1 aromatic carbocycles. The second kappa shape index (κ2) is 6.66. The normalized spacial score (nSPS) is 11.6. The first kappa shape index (κ1) is 17.1. The number of hydrogen-bond acceptors (Lipinski definition) is 5. The molecule has 0 saturated heterocycles. The lowest BCUT2D eigenvalue weighted by molar-refractivity contribution is 0.473. The van der Waals surface area contributed by atoms with E-state index in [-0.39, 0.29) is 21.9 Å². The molecule has 130 valence electrons. The minimum Gasteiger partial charge on any atom is -0.508 e. The van der Waals surface area contributed by atoms with Gasteiger partial charge in [0, 0.05) is 25.0 Å². The Balaban J connectivity index is 2.23. The first-order valence-electron chi connectivity index (χ1n) is 7.45. The van der Waals surface area contributed by atoms with Gasteiger partial charge in [-0.05, 0) is 42.9 Å². The maximum absolute atomic E-state index is 14.1. The molecule has 8 heteroatoms. The summed E-state index contributed by atoms with van der Waals surface area (Å²) in [5.41, 5.74) is 0.914. The summed E-state index contributed by atoms with van der Waals surface area (Å²) in [6.07, 6.45) is 2.72. The highest BCUT2D eigenvalue weighted by molar-refractivity contribution is 7.90. The van der Waals surface area contributed by atoms with Gasteiger partial charge in [0.1, 0.15) is 5.75 Å². The molecule has 0 aliphatic carbocycles. The van der Waals surface area contributed by atoms with Crippen LogP contribution in [0.1, 0.15) is 5.56 Å². The molecule has 0 aliphatic heterocycles. The molecule has 0 spiro atoms. The van der Waals surface area contributed by atoms with Crippen LogP contribution in [0.2, 0.25) is 0 Å². The predicted octanol–water partition coefficient (Wildman–Crippen LogP) is 2.35. The summed E-state index contributed by atoms with van der Waals surface area (Å²) < 4.78 is 41.1. The van der Waals surface area contributed by atoms with Crippen LogP contribution >= 0.6 is 0 Å².